The number of rotatable bonds is 5. The molecule has 0 aliphatic carbocycles. The molecule has 7 heteroatoms. The fourth-order valence-corrected chi connectivity index (χ4v) is 5.44. The minimum absolute atomic E-state index is 0.208. The predicted molar refractivity (Wildman–Crippen MR) is 109 cm³/mol. The van der Waals surface area contributed by atoms with Crippen molar-refractivity contribution in [3.8, 4) is 5.69 Å². The van der Waals surface area contributed by atoms with Gasteiger partial charge in [0, 0.05) is 5.56 Å². The Kier molecular flexibility index (Phi) is 5.97. The fourth-order valence-electron chi connectivity index (χ4n) is 2.70. The minimum atomic E-state index is -1.46. The van der Waals surface area contributed by atoms with Crippen molar-refractivity contribution in [1.29, 1.82) is 0 Å². The Balaban J connectivity index is 1.81. The summed E-state index contributed by atoms with van der Waals surface area (Å²) in [5, 5.41) is 8.65. The molecule has 0 aliphatic rings. The van der Waals surface area contributed by atoms with E-state index in [0.29, 0.717) is 11.3 Å². The normalized spacial score (nSPS) is 11.3. The Morgan fingerprint density at radius 3 is 2.30 bits per heavy atom. The number of benzene rings is 2. The van der Waals surface area contributed by atoms with E-state index in [2.05, 4.69) is 34.1 Å². The van der Waals surface area contributed by atoms with Crippen molar-refractivity contribution >= 4 is 41.5 Å². The molecule has 6 nitrogen and oxygen atoms in total. The number of hydrogen-bond donors (Lipinski definition) is 2. The maximum atomic E-state index is 12.6. The van der Waals surface area contributed by atoms with Gasteiger partial charge in [0.15, 0.2) is 0 Å². The Morgan fingerprint density at radius 2 is 1.70 bits per heavy atom. The zero-order valence-electron chi connectivity index (χ0n) is 15.2. The van der Waals surface area contributed by atoms with Gasteiger partial charge in [-0.15, -0.1) is 0 Å². The molecule has 1 amide bonds. The molecule has 3 aromatic rings. The van der Waals surface area contributed by atoms with Crippen LogP contribution >= 0.6 is 0 Å². The van der Waals surface area contributed by atoms with Gasteiger partial charge in [-0.25, -0.2) is 5.48 Å². The molecule has 2 aromatic carbocycles. The van der Waals surface area contributed by atoms with Crippen LogP contribution in [-0.2, 0) is 0 Å². The van der Waals surface area contributed by atoms with Crippen LogP contribution in [0.4, 0.5) is 0 Å². The van der Waals surface area contributed by atoms with Gasteiger partial charge in [0.05, 0.1) is 0 Å². The number of aromatic nitrogens is 2. The predicted octanol–water partition coefficient (Wildman–Crippen LogP) is 2.08. The van der Waals surface area contributed by atoms with Gasteiger partial charge in [-0.2, -0.15) is 0 Å². The van der Waals surface area contributed by atoms with Crippen LogP contribution in [-0.4, -0.2) is 40.0 Å². The van der Waals surface area contributed by atoms with Crippen molar-refractivity contribution < 1.29 is 10.0 Å². The summed E-state index contributed by atoms with van der Waals surface area (Å²) >= 11 is -1.46. The molecule has 0 radical (unpaired) electrons. The molecule has 0 aliphatic heterocycles. The number of amides is 1. The van der Waals surface area contributed by atoms with Gasteiger partial charge in [0.2, 0.25) is 0 Å². The average Bonchev–Trinajstić information content (AvgIpc) is 3.06. The molecule has 0 saturated heterocycles. The summed E-state index contributed by atoms with van der Waals surface area (Å²) < 4.78 is 4.47. The molecule has 3 rings (SSSR count). The van der Waals surface area contributed by atoms with Gasteiger partial charge in [0.1, 0.15) is 0 Å². The standard InChI is InChI=1S/C18H14N3O3.2CH3.Sn.H/c22-17(19-24)15-6-8-16(9-7-15)21-13-12-20(18(21)23)11-10-14-4-2-1-3-5-14;;;;/h2-13,24H,(H,19,22);2*1H3;;. The summed E-state index contributed by atoms with van der Waals surface area (Å²) in [6.07, 6.45) is 7.00. The molecule has 2 N–H and O–H groups in total. The monoisotopic (exact) mass is 471 g/mol. The van der Waals surface area contributed by atoms with Gasteiger partial charge in [-0.1, -0.05) is 0 Å². The van der Waals surface area contributed by atoms with Crippen LogP contribution in [0.5, 0.6) is 0 Å². The van der Waals surface area contributed by atoms with E-state index < -0.39 is 25.7 Å². The fraction of sp³-hybridized carbons (Fsp3) is 0.100. The van der Waals surface area contributed by atoms with E-state index in [1.54, 1.807) is 48.3 Å². The summed E-state index contributed by atoms with van der Waals surface area (Å²) in [5.41, 5.74) is 3.36. The van der Waals surface area contributed by atoms with Crippen LogP contribution in [0.2, 0.25) is 9.88 Å². The van der Waals surface area contributed by atoms with Gasteiger partial charge < -0.3 is 0 Å². The van der Waals surface area contributed by atoms with Gasteiger partial charge in [-0.3, -0.25) is 10.0 Å². The zero-order valence-corrected chi connectivity index (χ0v) is 18.5. The molecule has 0 spiro atoms. The Bertz CT molecular complexity index is 1020. The van der Waals surface area contributed by atoms with Crippen molar-refractivity contribution in [2.24, 2.45) is 0 Å². The summed E-state index contributed by atoms with van der Waals surface area (Å²) in [4.78, 5) is 28.7. The van der Waals surface area contributed by atoms with Crippen LogP contribution in [0, 0.1) is 0 Å². The molecule has 1 heterocycles. The molecule has 138 valence electrons. The van der Waals surface area contributed by atoms with Crippen molar-refractivity contribution in [2.75, 3.05) is 0 Å². The van der Waals surface area contributed by atoms with Crippen molar-refractivity contribution in [3.05, 3.63) is 82.5 Å². The molecule has 0 atom stereocenters. The van der Waals surface area contributed by atoms with E-state index in [0.717, 1.165) is 5.56 Å². The van der Waals surface area contributed by atoms with E-state index >= 15 is 0 Å². The summed E-state index contributed by atoms with van der Waals surface area (Å²) in [6.45, 7) is 0. The molecule has 1 aromatic heterocycles. The third kappa shape index (κ3) is 4.40. The van der Waals surface area contributed by atoms with E-state index in [1.165, 1.54) is 12.7 Å². The molecular formula is C20H21N3O3Sn. The van der Waals surface area contributed by atoms with Crippen molar-refractivity contribution in [1.82, 2.24) is 14.6 Å². The Hall–Kier alpha value is -2.58. The number of imidazole rings is 1. The Morgan fingerprint density at radius 1 is 1.04 bits per heavy atom. The zero-order chi connectivity index (χ0) is 19.4. The van der Waals surface area contributed by atoms with Crippen molar-refractivity contribution in [3.63, 3.8) is 0 Å². The molecule has 27 heavy (non-hydrogen) atoms. The second kappa shape index (κ2) is 8.41. The quantitative estimate of drug-likeness (QED) is 0.341. The van der Waals surface area contributed by atoms with Crippen LogP contribution in [0.15, 0.2) is 65.7 Å². The second-order valence-corrected chi connectivity index (χ2v) is 15.0. The number of carbonyl (C=O) groups is 1. The number of carbonyl (C=O) groups excluding carboxylic acids is 1. The second-order valence-electron chi connectivity index (χ2n) is 6.48. The third-order valence-electron chi connectivity index (χ3n) is 4.34. The van der Waals surface area contributed by atoms with Gasteiger partial charge >= 0.3 is 137 Å². The van der Waals surface area contributed by atoms with E-state index in [9.17, 15) is 9.59 Å². The van der Waals surface area contributed by atoms with Gasteiger partial charge in [-0.05, 0) is 0 Å². The average molecular weight is 470 g/mol. The number of hydrogen-bond acceptors (Lipinski definition) is 3. The molecule has 0 bridgehead atoms. The van der Waals surface area contributed by atoms with Crippen LogP contribution < -0.4 is 14.7 Å². The molecular weight excluding hydrogens is 449 g/mol. The summed E-state index contributed by atoms with van der Waals surface area (Å²) in [5.74, 6) is -0.595. The number of nitrogens with zero attached hydrogens (tertiary/aromatic N) is 2. The van der Waals surface area contributed by atoms with Crippen LogP contribution in [0.1, 0.15) is 15.9 Å². The summed E-state index contributed by atoms with van der Waals surface area (Å²) in [7, 11) is 0. The Labute approximate surface area is 164 Å². The summed E-state index contributed by atoms with van der Waals surface area (Å²) in [6, 6.07) is 14.9. The van der Waals surface area contributed by atoms with E-state index in [1.807, 2.05) is 6.08 Å². The number of hydroxylamine groups is 1. The van der Waals surface area contributed by atoms with E-state index in [4.69, 9.17) is 5.21 Å². The van der Waals surface area contributed by atoms with Crippen LogP contribution in [0.25, 0.3) is 18.0 Å². The maximum absolute atomic E-state index is 12.6. The van der Waals surface area contributed by atoms with Crippen molar-refractivity contribution in [2.45, 2.75) is 9.88 Å². The molecule has 0 saturated carbocycles. The van der Waals surface area contributed by atoms with E-state index in [-0.39, 0.29) is 5.69 Å². The number of nitrogens with one attached hydrogen (secondary N) is 1. The topological polar surface area (TPSA) is 76.3 Å². The van der Waals surface area contributed by atoms with Crippen LogP contribution in [0.3, 0.4) is 0 Å². The SMILES string of the molecule is [CH3][SnH]([CH3])[c]1ccc(C=Cn2ccn(-c3ccc(C(=O)NO)cc3)c2=O)cc1. The first-order valence-corrected chi connectivity index (χ1v) is 16.9. The first-order valence-electron chi connectivity index (χ1n) is 8.62. The third-order valence-corrected chi connectivity index (χ3v) is 9.25. The first-order chi connectivity index (χ1) is 13.0. The molecule has 0 unspecified atom stereocenters. The molecule has 0 fully saturated rings. The van der Waals surface area contributed by atoms with Gasteiger partial charge in [0.25, 0.3) is 5.91 Å². The first kappa shape index (κ1) is 19.2.